The third kappa shape index (κ3) is 3.70. The molecule has 4 nitrogen and oxygen atoms in total. The highest BCUT2D eigenvalue weighted by Gasteiger charge is 2.18. The lowest BCUT2D eigenvalue weighted by Gasteiger charge is -2.15. The van der Waals surface area contributed by atoms with E-state index in [0.717, 1.165) is 36.4 Å². The monoisotopic (exact) mass is 350 g/mol. The van der Waals surface area contributed by atoms with Crippen molar-refractivity contribution in [1.82, 2.24) is 10.3 Å². The Labute approximate surface area is 154 Å². The van der Waals surface area contributed by atoms with Gasteiger partial charge in [-0.1, -0.05) is 30.3 Å². The number of benzene rings is 2. The number of rotatable bonds is 6. The van der Waals surface area contributed by atoms with Crippen molar-refractivity contribution in [3.05, 3.63) is 59.8 Å². The van der Waals surface area contributed by atoms with Crippen molar-refractivity contribution in [2.45, 2.75) is 32.2 Å². The third-order valence-corrected chi connectivity index (χ3v) is 5.03. The molecule has 1 aliphatic heterocycles. The molecule has 4 heteroatoms. The quantitative estimate of drug-likeness (QED) is 0.654. The fourth-order valence-electron chi connectivity index (χ4n) is 3.55. The molecule has 3 aromatic rings. The summed E-state index contributed by atoms with van der Waals surface area (Å²) in [7, 11) is 0. The molecule has 2 aromatic carbocycles. The molecule has 0 fully saturated rings. The van der Waals surface area contributed by atoms with Crippen LogP contribution < -0.4 is 14.8 Å². The van der Waals surface area contributed by atoms with Crippen molar-refractivity contribution < 1.29 is 9.47 Å². The van der Waals surface area contributed by atoms with Crippen LogP contribution in [0.4, 0.5) is 0 Å². The zero-order valence-corrected chi connectivity index (χ0v) is 15.3. The summed E-state index contributed by atoms with van der Waals surface area (Å²) in [6, 6.07) is 14.8. The summed E-state index contributed by atoms with van der Waals surface area (Å²) < 4.78 is 11.9. The van der Waals surface area contributed by atoms with Gasteiger partial charge in [0.1, 0.15) is 13.2 Å². The fourth-order valence-corrected chi connectivity index (χ4v) is 3.55. The topological polar surface area (TPSA) is 46.3 Å². The Morgan fingerprint density at radius 1 is 1.04 bits per heavy atom. The molecule has 1 unspecified atom stereocenters. The van der Waals surface area contributed by atoms with Gasteiger partial charge in [0.15, 0.2) is 11.5 Å². The Hall–Kier alpha value is -2.46. The van der Waals surface area contributed by atoms with Gasteiger partial charge in [-0.15, -0.1) is 0 Å². The minimum absolute atomic E-state index is 0.231. The first-order chi connectivity index (χ1) is 12.8. The molecule has 0 spiro atoms. The van der Waals surface area contributed by atoms with Gasteiger partial charge in [-0.3, -0.25) is 0 Å². The molecule has 136 valence electrons. The number of hydrogen-bond donors (Lipinski definition) is 2. The molecule has 1 aromatic heterocycles. The fraction of sp³-hybridized carbons (Fsp3) is 0.364. The molecule has 0 saturated heterocycles. The zero-order valence-electron chi connectivity index (χ0n) is 15.3. The number of unbranched alkanes of at least 4 members (excludes halogenated alkanes) is 1. The molecule has 4 rings (SSSR count). The molecule has 1 aliphatic rings. The highest BCUT2D eigenvalue weighted by atomic mass is 16.5. The molecule has 0 radical (unpaired) electrons. The van der Waals surface area contributed by atoms with Crippen LogP contribution in [-0.2, 0) is 6.42 Å². The molecule has 0 amide bonds. The first kappa shape index (κ1) is 17.0. The highest BCUT2D eigenvalue weighted by molar-refractivity contribution is 5.82. The van der Waals surface area contributed by atoms with Crippen LogP contribution in [0.1, 0.15) is 24.0 Å². The second kappa shape index (κ2) is 7.83. The van der Waals surface area contributed by atoms with E-state index in [4.69, 9.17) is 9.47 Å². The first-order valence-corrected chi connectivity index (χ1v) is 9.45. The van der Waals surface area contributed by atoms with E-state index < -0.39 is 0 Å². The summed E-state index contributed by atoms with van der Waals surface area (Å²) in [6.45, 7) is 4.34. The summed E-state index contributed by atoms with van der Waals surface area (Å²) in [6.07, 6.45) is 5.56. The molecule has 2 N–H and O–H groups in total. The Bertz CT molecular complexity index is 871. The second-order valence-corrected chi connectivity index (χ2v) is 6.99. The summed E-state index contributed by atoms with van der Waals surface area (Å²) in [5, 5.41) is 4.92. The molecule has 0 bridgehead atoms. The standard InChI is InChI=1S/C22H26N2O2/c1-16-7-6-11-21-22(16)26-15-18(14-25-21)23-12-5-4-8-17-13-24-20-10-3-2-9-19(17)20/h2-3,6-7,9-11,13,18,23-24H,4-5,8,12,14-15H2,1H3. The molecule has 26 heavy (non-hydrogen) atoms. The van der Waals surface area contributed by atoms with Crippen LogP contribution in [0.5, 0.6) is 11.5 Å². The number of hydrogen-bond acceptors (Lipinski definition) is 3. The van der Waals surface area contributed by atoms with Gasteiger partial charge in [-0.25, -0.2) is 0 Å². The molecular formula is C22H26N2O2. The Balaban J connectivity index is 1.21. The van der Waals surface area contributed by atoms with Crippen molar-refractivity contribution in [3.8, 4) is 11.5 Å². The van der Waals surface area contributed by atoms with E-state index in [1.54, 1.807) is 0 Å². The normalized spacial score (nSPS) is 16.6. The van der Waals surface area contributed by atoms with Gasteiger partial charge in [-0.05, 0) is 56.0 Å². The number of ether oxygens (including phenoxy) is 2. The van der Waals surface area contributed by atoms with Crippen LogP contribution in [0.25, 0.3) is 10.9 Å². The first-order valence-electron chi connectivity index (χ1n) is 9.45. The Morgan fingerprint density at radius 3 is 2.88 bits per heavy atom. The van der Waals surface area contributed by atoms with Gasteiger partial charge >= 0.3 is 0 Å². The van der Waals surface area contributed by atoms with Crippen LogP contribution in [0.15, 0.2) is 48.7 Å². The maximum absolute atomic E-state index is 5.96. The Kier molecular flexibility index (Phi) is 5.12. The van der Waals surface area contributed by atoms with E-state index in [1.165, 1.54) is 22.9 Å². The van der Waals surface area contributed by atoms with Gasteiger partial charge in [0.25, 0.3) is 0 Å². The number of fused-ring (bicyclic) bond motifs is 2. The number of aryl methyl sites for hydroxylation is 2. The minimum Gasteiger partial charge on any atom is -0.488 e. The summed E-state index contributed by atoms with van der Waals surface area (Å²) in [4.78, 5) is 3.35. The van der Waals surface area contributed by atoms with E-state index in [2.05, 4.69) is 53.8 Å². The maximum Gasteiger partial charge on any atom is 0.164 e. The van der Waals surface area contributed by atoms with E-state index in [-0.39, 0.29) is 6.04 Å². The lowest BCUT2D eigenvalue weighted by molar-refractivity contribution is 0.234. The molecule has 2 heterocycles. The van der Waals surface area contributed by atoms with E-state index in [0.29, 0.717) is 13.2 Å². The van der Waals surface area contributed by atoms with Gasteiger partial charge in [0.05, 0.1) is 6.04 Å². The van der Waals surface area contributed by atoms with E-state index >= 15 is 0 Å². The van der Waals surface area contributed by atoms with Crippen molar-refractivity contribution >= 4 is 10.9 Å². The van der Waals surface area contributed by atoms with Crippen LogP contribution in [0, 0.1) is 6.92 Å². The predicted molar refractivity (Wildman–Crippen MR) is 105 cm³/mol. The van der Waals surface area contributed by atoms with Crippen molar-refractivity contribution in [2.24, 2.45) is 0 Å². The van der Waals surface area contributed by atoms with Crippen LogP contribution in [-0.4, -0.2) is 30.8 Å². The number of para-hydroxylation sites is 2. The Morgan fingerprint density at radius 2 is 1.92 bits per heavy atom. The van der Waals surface area contributed by atoms with Gasteiger partial charge < -0.3 is 19.8 Å². The lowest BCUT2D eigenvalue weighted by Crippen LogP contribution is -2.39. The number of aromatic nitrogens is 1. The highest BCUT2D eigenvalue weighted by Crippen LogP contribution is 2.32. The third-order valence-electron chi connectivity index (χ3n) is 5.03. The lowest BCUT2D eigenvalue weighted by atomic mass is 10.1. The van der Waals surface area contributed by atoms with Crippen molar-refractivity contribution in [2.75, 3.05) is 19.8 Å². The van der Waals surface area contributed by atoms with Crippen molar-refractivity contribution in [1.29, 1.82) is 0 Å². The summed E-state index contributed by atoms with van der Waals surface area (Å²) >= 11 is 0. The number of aromatic amines is 1. The van der Waals surface area contributed by atoms with E-state index in [9.17, 15) is 0 Å². The molecular weight excluding hydrogens is 324 g/mol. The van der Waals surface area contributed by atoms with Crippen LogP contribution in [0.2, 0.25) is 0 Å². The number of H-pyrrole nitrogens is 1. The maximum atomic E-state index is 5.96. The zero-order chi connectivity index (χ0) is 17.8. The SMILES string of the molecule is Cc1cccc2c1OCC(NCCCCc1c[nH]c3ccccc13)CO2. The second-order valence-electron chi connectivity index (χ2n) is 6.99. The molecule has 0 saturated carbocycles. The van der Waals surface area contributed by atoms with E-state index in [1.807, 2.05) is 12.1 Å². The predicted octanol–water partition coefficient (Wildman–Crippen LogP) is 4.23. The summed E-state index contributed by atoms with van der Waals surface area (Å²) in [5.74, 6) is 1.74. The smallest absolute Gasteiger partial charge is 0.164 e. The molecule has 0 aliphatic carbocycles. The van der Waals surface area contributed by atoms with Gasteiger partial charge in [0, 0.05) is 17.1 Å². The summed E-state index contributed by atoms with van der Waals surface area (Å²) in [5.41, 5.74) is 3.76. The average Bonchev–Trinajstić information content (AvgIpc) is 2.95. The van der Waals surface area contributed by atoms with Crippen LogP contribution >= 0.6 is 0 Å². The van der Waals surface area contributed by atoms with Crippen molar-refractivity contribution in [3.63, 3.8) is 0 Å². The largest absolute Gasteiger partial charge is 0.488 e. The van der Waals surface area contributed by atoms with Gasteiger partial charge in [-0.2, -0.15) is 0 Å². The van der Waals surface area contributed by atoms with Gasteiger partial charge in [0.2, 0.25) is 0 Å². The van der Waals surface area contributed by atoms with Crippen LogP contribution in [0.3, 0.4) is 0 Å². The molecule has 1 atom stereocenters. The average molecular weight is 350 g/mol. The number of nitrogens with one attached hydrogen (secondary N) is 2. The minimum atomic E-state index is 0.231.